The maximum Gasteiger partial charge on any atom is 0.279 e. The summed E-state index contributed by atoms with van der Waals surface area (Å²) < 4.78 is 1.23. The predicted octanol–water partition coefficient (Wildman–Crippen LogP) is 3.66. The number of aryl methyl sites for hydroxylation is 2. The molecule has 0 spiro atoms. The zero-order chi connectivity index (χ0) is 18.8. The number of nitrogens with one attached hydrogen (secondary N) is 2. The van der Waals surface area contributed by atoms with E-state index >= 15 is 0 Å². The highest BCUT2D eigenvalue weighted by atomic mass is 32.1. The molecule has 0 bridgehead atoms. The van der Waals surface area contributed by atoms with Gasteiger partial charge in [0.15, 0.2) is 11.6 Å². The van der Waals surface area contributed by atoms with Gasteiger partial charge in [-0.05, 0) is 62.1 Å². The first-order valence-electron chi connectivity index (χ1n) is 9.67. The van der Waals surface area contributed by atoms with E-state index in [1.54, 1.807) is 11.3 Å². The molecule has 2 N–H and O–H groups in total. The summed E-state index contributed by atoms with van der Waals surface area (Å²) in [5, 5.41) is 4.26. The molecule has 0 aliphatic carbocycles. The molecule has 5 heteroatoms. The van der Waals surface area contributed by atoms with E-state index in [0.717, 1.165) is 24.2 Å². The Bertz CT molecular complexity index is 912. The van der Waals surface area contributed by atoms with Gasteiger partial charge in [-0.2, -0.15) is 0 Å². The van der Waals surface area contributed by atoms with Crippen molar-refractivity contribution in [3.8, 4) is 0 Å². The standard InChI is InChI=1S/C22H25N3OS/c1-15-11-16(2)13-17(12-15)23-21(26)14-25-10-6-5-8-19(25)22-24-18-7-3-4-9-20(18)27-22/h3-4,7,9,11-13,19H,5-6,8,10,14H2,1-2H3,(H,23,26)/p+1/t19-/m0/s1. The summed E-state index contributed by atoms with van der Waals surface area (Å²) in [6.45, 7) is 5.64. The van der Waals surface area contributed by atoms with Crippen LogP contribution in [-0.2, 0) is 4.79 Å². The van der Waals surface area contributed by atoms with Gasteiger partial charge in [0.1, 0.15) is 6.04 Å². The second kappa shape index (κ2) is 7.79. The van der Waals surface area contributed by atoms with Gasteiger partial charge in [0.25, 0.3) is 5.91 Å². The van der Waals surface area contributed by atoms with Gasteiger partial charge in [0, 0.05) is 12.1 Å². The highest BCUT2D eigenvalue weighted by Gasteiger charge is 2.31. The lowest BCUT2D eigenvalue weighted by Crippen LogP contribution is -3.14. The van der Waals surface area contributed by atoms with Gasteiger partial charge >= 0.3 is 0 Å². The topological polar surface area (TPSA) is 46.4 Å². The summed E-state index contributed by atoms with van der Waals surface area (Å²) in [7, 11) is 0. The van der Waals surface area contributed by atoms with Crippen molar-refractivity contribution in [1.82, 2.24) is 4.98 Å². The Kier molecular flexibility index (Phi) is 5.23. The molecule has 4 rings (SSSR count). The fourth-order valence-corrected chi connectivity index (χ4v) is 5.25. The van der Waals surface area contributed by atoms with Crippen LogP contribution >= 0.6 is 11.3 Å². The lowest BCUT2D eigenvalue weighted by Gasteiger charge is -2.30. The van der Waals surface area contributed by atoms with Gasteiger partial charge < -0.3 is 10.2 Å². The van der Waals surface area contributed by atoms with Crippen molar-refractivity contribution in [2.24, 2.45) is 0 Å². The fourth-order valence-electron chi connectivity index (χ4n) is 4.09. The Hall–Kier alpha value is -2.24. The van der Waals surface area contributed by atoms with E-state index in [1.807, 2.05) is 18.2 Å². The predicted molar refractivity (Wildman–Crippen MR) is 111 cm³/mol. The van der Waals surface area contributed by atoms with E-state index in [-0.39, 0.29) is 5.91 Å². The lowest BCUT2D eigenvalue weighted by atomic mass is 10.0. The molecule has 0 saturated carbocycles. The van der Waals surface area contributed by atoms with Crippen LogP contribution in [0.5, 0.6) is 0 Å². The molecule has 1 aliphatic rings. The number of rotatable bonds is 4. The Balaban J connectivity index is 1.49. The highest BCUT2D eigenvalue weighted by molar-refractivity contribution is 7.18. The third-order valence-electron chi connectivity index (χ3n) is 5.24. The summed E-state index contributed by atoms with van der Waals surface area (Å²) in [5.74, 6) is 0.0861. The van der Waals surface area contributed by atoms with Crippen molar-refractivity contribution < 1.29 is 9.69 Å². The van der Waals surface area contributed by atoms with Gasteiger partial charge in [-0.15, -0.1) is 11.3 Å². The molecule has 3 aromatic rings. The quantitative estimate of drug-likeness (QED) is 0.726. The SMILES string of the molecule is Cc1cc(C)cc(NC(=O)C[NH+]2CCCC[C@H]2c2nc3ccccc3s2)c1. The van der Waals surface area contributed by atoms with Crippen molar-refractivity contribution in [3.63, 3.8) is 0 Å². The zero-order valence-corrected chi connectivity index (χ0v) is 16.7. The van der Waals surface area contributed by atoms with Gasteiger partial charge in [-0.25, -0.2) is 4.98 Å². The average Bonchev–Trinajstić information content (AvgIpc) is 3.05. The minimum absolute atomic E-state index is 0.0861. The fraction of sp³-hybridized carbons (Fsp3) is 0.364. The number of thiazole rings is 1. The van der Waals surface area contributed by atoms with Crippen molar-refractivity contribution in [3.05, 3.63) is 58.6 Å². The molecule has 0 radical (unpaired) electrons. The summed E-state index contributed by atoms with van der Waals surface area (Å²) in [4.78, 5) is 18.9. The minimum atomic E-state index is 0.0861. The van der Waals surface area contributed by atoms with Gasteiger partial charge in [0.05, 0.1) is 16.8 Å². The number of fused-ring (bicyclic) bond motifs is 1. The summed E-state index contributed by atoms with van der Waals surface area (Å²) in [6.07, 6.45) is 3.49. The number of carbonyl (C=O) groups is 1. The third kappa shape index (κ3) is 4.20. The van der Waals surface area contributed by atoms with Gasteiger partial charge in [-0.1, -0.05) is 18.2 Å². The van der Waals surface area contributed by atoms with Crippen LogP contribution in [0.4, 0.5) is 5.69 Å². The number of carbonyl (C=O) groups excluding carboxylic acids is 1. The van der Waals surface area contributed by atoms with E-state index in [1.165, 1.54) is 38.6 Å². The van der Waals surface area contributed by atoms with E-state index in [0.29, 0.717) is 12.6 Å². The lowest BCUT2D eigenvalue weighted by molar-refractivity contribution is -0.929. The molecule has 1 fully saturated rings. The number of amides is 1. The van der Waals surface area contributed by atoms with Crippen LogP contribution in [0.1, 0.15) is 41.4 Å². The van der Waals surface area contributed by atoms with Crippen molar-refractivity contribution >= 4 is 33.1 Å². The van der Waals surface area contributed by atoms with Crippen molar-refractivity contribution in [2.45, 2.75) is 39.2 Å². The van der Waals surface area contributed by atoms with E-state index in [9.17, 15) is 4.79 Å². The molecule has 4 nitrogen and oxygen atoms in total. The average molecular weight is 381 g/mol. The van der Waals surface area contributed by atoms with E-state index < -0.39 is 0 Å². The molecule has 1 saturated heterocycles. The number of hydrogen-bond donors (Lipinski definition) is 2. The number of hydrogen-bond acceptors (Lipinski definition) is 3. The second-order valence-electron chi connectivity index (χ2n) is 7.58. The molecule has 140 valence electrons. The molecular weight excluding hydrogens is 354 g/mol. The highest BCUT2D eigenvalue weighted by Crippen LogP contribution is 2.28. The molecule has 27 heavy (non-hydrogen) atoms. The number of benzene rings is 2. The first-order chi connectivity index (χ1) is 13.1. The number of nitrogens with zero attached hydrogens (tertiary/aromatic N) is 1. The van der Waals surface area contributed by atoms with Crippen LogP contribution in [0, 0.1) is 13.8 Å². The molecule has 1 amide bonds. The number of aromatic nitrogens is 1. The number of piperidine rings is 1. The normalized spacial score (nSPS) is 19.9. The van der Waals surface area contributed by atoms with Gasteiger partial charge in [-0.3, -0.25) is 4.79 Å². The maximum absolute atomic E-state index is 12.7. The Morgan fingerprint density at radius 3 is 2.74 bits per heavy atom. The molecule has 2 aromatic carbocycles. The number of likely N-dealkylation sites (tertiary alicyclic amines) is 1. The van der Waals surface area contributed by atoms with Crippen LogP contribution in [0.3, 0.4) is 0 Å². The molecule has 1 aromatic heterocycles. The monoisotopic (exact) mass is 380 g/mol. The molecule has 1 aliphatic heterocycles. The van der Waals surface area contributed by atoms with Crippen LogP contribution in [0.15, 0.2) is 42.5 Å². The first kappa shape index (κ1) is 18.1. The van der Waals surface area contributed by atoms with E-state index in [4.69, 9.17) is 4.98 Å². The number of para-hydroxylation sites is 1. The van der Waals surface area contributed by atoms with Crippen LogP contribution in [0.25, 0.3) is 10.2 Å². The van der Waals surface area contributed by atoms with Crippen molar-refractivity contribution in [2.75, 3.05) is 18.4 Å². The summed E-state index contributed by atoms with van der Waals surface area (Å²) >= 11 is 1.78. The Labute approximate surface area is 164 Å². The zero-order valence-electron chi connectivity index (χ0n) is 15.9. The van der Waals surface area contributed by atoms with Crippen LogP contribution in [0.2, 0.25) is 0 Å². The smallest absolute Gasteiger partial charge is 0.279 e. The Morgan fingerprint density at radius 1 is 1.19 bits per heavy atom. The second-order valence-corrected chi connectivity index (χ2v) is 8.64. The largest absolute Gasteiger partial charge is 0.321 e. The summed E-state index contributed by atoms with van der Waals surface area (Å²) in [6, 6.07) is 14.8. The minimum Gasteiger partial charge on any atom is -0.321 e. The third-order valence-corrected chi connectivity index (χ3v) is 6.39. The maximum atomic E-state index is 12.7. The van der Waals surface area contributed by atoms with E-state index in [2.05, 4.69) is 43.4 Å². The van der Waals surface area contributed by atoms with Gasteiger partial charge in [0.2, 0.25) is 0 Å². The summed E-state index contributed by atoms with van der Waals surface area (Å²) in [5.41, 5.74) is 4.30. The van der Waals surface area contributed by atoms with Crippen molar-refractivity contribution in [1.29, 1.82) is 0 Å². The first-order valence-corrected chi connectivity index (χ1v) is 10.5. The molecule has 2 heterocycles. The van der Waals surface area contributed by atoms with Crippen LogP contribution < -0.4 is 10.2 Å². The molecule has 1 unspecified atom stereocenters. The Morgan fingerprint density at radius 2 is 1.96 bits per heavy atom. The number of quaternary nitrogens is 1. The molecular formula is C22H26N3OS+. The number of anilines is 1. The molecule has 2 atom stereocenters. The van der Waals surface area contributed by atoms with Crippen LogP contribution in [-0.4, -0.2) is 24.0 Å².